The van der Waals surface area contributed by atoms with Crippen LogP contribution in [0.15, 0.2) is 36.7 Å². The van der Waals surface area contributed by atoms with E-state index in [1.54, 1.807) is 24.4 Å². The largest absolute Gasteiger partial charge is 0.404 e. The summed E-state index contributed by atoms with van der Waals surface area (Å²) in [7, 11) is 4.00. The minimum Gasteiger partial charge on any atom is -0.404 e. The Labute approximate surface area is 186 Å². The van der Waals surface area contributed by atoms with Gasteiger partial charge in [-0.15, -0.1) is 0 Å². The van der Waals surface area contributed by atoms with Gasteiger partial charge in [0, 0.05) is 31.4 Å². The van der Waals surface area contributed by atoms with Crippen LogP contribution in [-0.2, 0) is 4.79 Å². The number of H-pyrrole nitrogens is 1. The van der Waals surface area contributed by atoms with Gasteiger partial charge in [-0.3, -0.25) is 4.79 Å². The highest BCUT2D eigenvalue weighted by Crippen LogP contribution is 2.24. The van der Waals surface area contributed by atoms with Crippen LogP contribution in [0.25, 0.3) is 5.57 Å². The highest BCUT2D eigenvalue weighted by atomic mass is 19.1. The Morgan fingerprint density at radius 1 is 1.34 bits per heavy atom. The molecule has 2 aromatic rings. The summed E-state index contributed by atoms with van der Waals surface area (Å²) in [4.78, 5) is 32.3. The lowest BCUT2D eigenvalue weighted by Gasteiger charge is -2.20. The SMILES string of the molecule is Cc1c(C(=CN)C(=O)Nc2ccc(C(=O)N3CC[C@@H](N(C)C)C3)c[nH+]2)ccc(C#N)c1F. The highest BCUT2D eigenvalue weighted by Gasteiger charge is 2.29. The van der Waals surface area contributed by atoms with Gasteiger partial charge in [-0.05, 0) is 50.7 Å². The minimum atomic E-state index is -0.690. The number of hydrogen-bond donors (Lipinski definition) is 2. The Morgan fingerprint density at radius 2 is 2.09 bits per heavy atom. The number of nitrogens with one attached hydrogen (secondary N) is 2. The first kappa shape index (κ1) is 22.9. The van der Waals surface area contributed by atoms with Crippen LogP contribution in [-0.4, -0.2) is 54.8 Å². The zero-order valence-corrected chi connectivity index (χ0v) is 18.3. The molecule has 1 saturated heterocycles. The molecule has 32 heavy (non-hydrogen) atoms. The van der Waals surface area contributed by atoms with Crippen LogP contribution in [0.5, 0.6) is 0 Å². The summed E-state index contributed by atoms with van der Waals surface area (Å²) in [5.41, 5.74) is 6.53. The van der Waals surface area contributed by atoms with Crippen molar-refractivity contribution in [3.05, 3.63) is 64.7 Å². The lowest BCUT2D eigenvalue weighted by molar-refractivity contribution is -0.360. The Morgan fingerprint density at radius 3 is 2.66 bits per heavy atom. The van der Waals surface area contributed by atoms with Gasteiger partial charge in [-0.2, -0.15) is 5.26 Å². The lowest BCUT2D eigenvalue weighted by Crippen LogP contribution is -2.35. The number of likely N-dealkylation sites (N-methyl/N-ethyl adjacent to an activating group) is 1. The molecular formula is C23H26FN6O2+. The van der Waals surface area contributed by atoms with Gasteiger partial charge < -0.3 is 15.5 Å². The third-order valence-corrected chi connectivity index (χ3v) is 5.70. The van der Waals surface area contributed by atoms with Gasteiger partial charge in [-0.1, -0.05) is 6.07 Å². The number of amides is 2. The molecule has 0 bridgehead atoms. The Hall–Kier alpha value is -3.77. The zero-order chi connectivity index (χ0) is 23.4. The van der Waals surface area contributed by atoms with E-state index in [2.05, 4.69) is 15.2 Å². The number of likely N-dealkylation sites (tertiary alicyclic amines) is 1. The van der Waals surface area contributed by atoms with Crippen molar-refractivity contribution in [2.75, 3.05) is 32.5 Å². The van der Waals surface area contributed by atoms with Gasteiger partial charge in [0.05, 0.1) is 16.7 Å². The number of nitrogens with two attached hydrogens (primary N) is 1. The van der Waals surface area contributed by atoms with Crippen molar-refractivity contribution in [1.29, 1.82) is 5.26 Å². The smallest absolute Gasteiger partial charge is 0.341 e. The zero-order valence-electron chi connectivity index (χ0n) is 18.3. The van der Waals surface area contributed by atoms with Crippen molar-refractivity contribution in [2.24, 2.45) is 5.73 Å². The molecule has 1 fully saturated rings. The van der Waals surface area contributed by atoms with Crippen LogP contribution in [0, 0.1) is 24.1 Å². The molecule has 0 saturated carbocycles. The number of carbonyl (C=O) groups excluding carboxylic acids is 2. The second-order valence-electron chi connectivity index (χ2n) is 7.89. The van der Waals surface area contributed by atoms with E-state index in [0.717, 1.165) is 12.6 Å². The number of halogens is 1. The molecule has 9 heteroatoms. The van der Waals surface area contributed by atoms with E-state index in [1.807, 2.05) is 19.0 Å². The minimum absolute atomic E-state index is 0.0613. The van der Waals surface area contributed by atoms with Gasteiger partial charge in [0.2, 0.25) is 0 Å². The Balaban J connectivity index is 1.71. The number of aromatic nitrogens is 1. The van der Waals surface area contributed by atoms with Crippen LogP contribution >= 0.6 is 0 Å². The highest BCUT2D eigenvalue weighted by molar-refractivity contribution is 6.25. The molecule has 1 aromatic carbocycles. The van der Waals surface area contributed by atoms with Gasteiger partial charge >= 0.3 is 5.91 Å². The van der Waals surface area contributed by atoms with Crippen LogP contribution in [0.3, 0.4) is 0 Å². The average Bonchev–Trinajstić information content (AvgIpc) is 3.28. The molecule has 1 atom stereocenters. The van der Waals surface area contributed by atoms with Crippen LogP contribution in [0.2, 0.25) is 0 Å². The maximum atomic E-state index is 14.3. The summed E-state index contributed by atoms with van der Waals surface area (Å²) in [5, 5.41) is 11.6. The molecule has 1 aliphatic rings. The molecule has 2 amide bonds. The molecule has 1 aromatic heterocycles. The van der Waals surface area contributed by atoms with Gasteiger partial charge in [0.15, 0.2) is 0 Å². The molecule has 0 aliphatic carbocycles. The third kappa shape index (κ3) is 4.60. The van der Waals surface area contributed by atoms with E-state index in [4.69, 9.17) is 11.0 Å². The average molecular weight is 437 g/mol. The molecule has 166 valence electrons. The monoisotopic (exact) mass is 437 g/mol. The van der Waals surface area contributed by atoms with Crippen molar-refractivity contribution in [3.8, 4) is 6.07 Å². The molecule has 8 nitrogen and oxygen atoms in total. The summed E-state index contributed by atoms with van der Waals surface area (Å²) in [6.45, 7) is 2.86. The standard InChI is InChI=1S/C23H25FN6O2/c1-14-18(6-4-15(10-25)21(14)24)19(11-26)22(31)28-20-7-5-16(12-27-20)23(32)30-9-8-17(13-30)29(2)3/h4-7,11-12,17H,8-9,13,26H2,1-3H3,(H,27,28,31)/p+1/t17-/m1/s1. The first-order chi connectivity index (χ1) is 15.3. The maximum Gasteiger partial charge on any atom is 0.341 e. The summed E-state index contributed by atoms with van der Waals surface area (Å²) >= 11 is 0. The number of hydrogen-bond acceptors (Lipinski definition) is 5. The summed E-state index contributed by atoms with van der Waals surface area (Å²) in [6.07, 6.45) is 3.56. The molecule has 2 heterocycles. The predicted molar refractivity (Wildman–Crippen MR) is 118 cm³/mol. The van der Waals surface area contributed by atoms with E-state index in [-0.39, 0.29) is 28.2 Å². The first-order valence-corrected chi connectivity index (χ1v) is 10.2. The van der Waals surface area contributed by atoms with E-state index < -0.39 is 11.7 Å². The summed E-state index contributed by atoms with van der Waals surface area (Å²) < 4.78 is 14.3. The van der Waals surface area contributed by atoms with E-state index in [1.165, 1.54) is 19.1 Å². The fraction of sp³-hybridized carbons (Fsp3) is 0.304. The first-order valence-electron chi connectivity index (χ1n) is 10.2. The maximum absolute atomic E-state index is 14.3. The molecule has 0 radical (unpaired) electrons. The fourth-order valence-electron chi connectivity index (χ4n) is 3.71. The molecule has 3 rings (SSSR count). The van der Waals surface area contributed by atoms with Gasteiger partial charge in [-0.25, -0.2) is 19.5 Å². The van der Waals surface area contributed by atoms with Crippen molar-refractivity contribution in [1.82, 2.24) is 9.80 Å². The second-order valence-corrected chi connectivity index (χ2v) is 7.89. The normalized spacial score (nSPS) is 16.2. The number of nitrogens with zero attached hydrogens (tertiary/aromatic N) is 3. The van der Waals surface area contributed by atoms with E-state index in [9.17, 15) is 14.0 Å². The molecule has 0 spiro atoms. The lowest BCUT2D eigenvalue weighted by atomic mass is 9.98. The van der Waals surface area contributed by atoms with E-state index in [0.29, 0.717) is 30.5 Å². The van der Waals surface area contributed by atoms with Crippen molar-refractivity contribution in [3.63, 3.8) is 0 Å². The second kappa shape index (κ2) is 9.58. The van der Waals surface area contributed by atoms with Crippen molar-refractivity contribution >= 4 is 23.2 Å². The third-order valence-electron chi connectivity index (χ3n) is 5.70. The number of benzene rings is 1. The molecule has 1 aliphatic heterocycles. The number of pyridine rings is 1. The van der Waals surface area contributed by atoms with Crippen LogP contribution in [0.1, 0.15) is 33.5 Å². The van der Waals surface area contributed by atoms with Crippen LogP contribution < -0.4 is 16.0 Å². The quantitative estimate of drug-likeness (QED) is 0.688. The number of anilines is 1. The Kier molecular flexibility index (Phi) is 6.85. The fourth-order valence-corrected chi connectivity index (χ4v) is 3.71. The Bertz CT molecular complexity index is 1100. The van der Waals surface area contributed by atoms with Gasteiger partial charge in [0.25, 0.3) is 11.7 Å². The van der Waals surface area contributed by atoms with Gasteiger partial charge in [0.1, 0.15) is 18.1 Å². The number of aromatic amines is 1. The van der Waals surface area contributed by atoms with Crippen molar-refractivity contribution in [2.45, 2.75) is 19.4 Å². The molecule has 4 N–H and O–H groups in total. The van der Waals surface area contributed by atoms with Crippen molar-refractivity contribution < 1.29 is 19.0 Å². The molecule has 0 unspecified atom stereocenters. The molecular weight excluding hydrogens is 411 g/mol. The van der Waals surface area contributed by atoms with Crippen LogP contribution in [0.4, 0.5) is 10.2 Å². The topological polar surface area (TPSA) is 117 Å². The number of nitriles is 1. The number of carbonyl (C=O) groups is 2. The number of rotatable bonds is 5. The summed E-state index contributed by atoms with van der Waals surface area (Å²) in [6, 6.07) is 8.13. The summed E-state index contributed by atoms with van der Waals surface area (Å²) in [5.74, 6) is -0.964. The predicted octanol–water partition coefficient (Wildman–Crippen LogP) is 1.53. The van der Waals surface area contributed by atoms with E-state index >= 15 is 0 Å².